The van der Waals surface area contributed by atoms with Crippen LogP contribution in [0.4, 0.5) is 0 Å². The van der Waals surface area contributed by atoms with Gasteiger partial charge in [0.2, 0.25) is 5.79 Å². The van der Waals surface area contributed by atoms with Crippen molar-refractivity contribution in [3.63, 3.8) is 0 Å². The van der Waals surface area contributed by atoms with Crippen molar-refractivity contribution < 1.29 is 47.8 Å². The zero-order valence-corrected chi connectivity index (χ0v) is 23.4. The van der Waals surface area contributed by atoms with E-state index in [1.165, 1.54) is 7.11 Å². The maximum Gasteiger partial charge on any atom is 0.256 e. The molecule has 0 aliphatic carbocycles. The fourth-order valence-electron chi connectivity index (χ4n) is 5.59. The highest BCUT2D eigenvalue weighted by Crippen LogP contribution is 2.44. The van der Waals surface area contributed by atoms with Gasteiger partial charge in [-0.15, -0.1) is 0 Å². The van der Waals surface area contributed by atoms with Crippen LogP contribution in [0.2, 0.25) is 0 Å². The van der Waals surface area contributed by atoms with Crippen LogP contribution in [0.1, 0.15) is 40.5 Å². The van der Waals surface area contributed by atoms with Crippen molar-refractivity contribution in [2.75, 3.05) is 41.8 Å². The Kier molecular flexibility index (Phi) is 10.1. The summed E-state index contributed by atoms with van der Waals surface area (Å²) in [6.45, 7) is 12.4. The van der Waals surface area contributed by atoms with Gasteiger partial charge in [-0.3, -0.25) is 4.79 Å². The van der Waals surface area contributed by atoms with Gasteiger partial charge in [0.1, 0.15) is 19.0 Å². The third-order valence-electron chi connectivity index (χ3n) is 8.23. The average molecular weight is 532 g/mol. The van der Waals surface area contributed by atoms with Crippen LogP contribution >= 0.6 is 0 Å². The molecule has 3 aliphatic rings. The molecule has 3 aliphatic heterocycles. The Morgan fingerprint density at radius 2 is 1.89 bits per heavy atom. The van der Waals surface area contributed by atoms with Gasteiger partial charge >= 0.3 is 0 Å². The molecule has 0 aromatic rings. The first-order valence-corrected chi connectivity index (χ1v) is 12.8. The number of aliphatic hydroxyl groups excluding tert-OH is 1. The number of carbonyl (C=O) groups is 1. The zero-order valence-electron chi connectivity index (χ0n) is 23.4. The molecule has 0 unspecified atom stereocenters. The molecule has 11 heteroatoms. The number of methoxy groups -OCH3 is 4. The smallest absolute Gasteiger partial charge is 0.256 e. The first-order chi connectivity index (χ1) is 17.4. The third kappa shape index (κ3) is 6.05. The van der Waals surface area contributed by atoms with Crippen LogP contribution in [-0.4, -0.2) is 108 Å². The molecule has 11 nitrogen and oxygen atoms in total. The third-order valence-corrected chi connectivity index (χ3v) is 8.23. The summed E-state index contributed by atoms with van der Waals surface area (Å²) in [7, 11) is 6.28. The predicted octanol–water partition coefficient (Wildman–Crippen LogP) is 1.37. The van der Waals surface area contributed by atoms with Gasteiger partial charge in [0.05, 0.1) is 31.0 Å². The van der Waals surface area contributed by atoms with Crippen LogP contribution in [0.3, 0.4) is 0 Å². The molecule has 37 heavy (non-hydrogen) atoms. The van der Waals surface area contributed by atoms with E-state index >= 15 is 0 Å². The molecular weight excluding hydrogens is 486 g/mol. The van der Waals surface area contributed by atoms with Gasteiger partial charge in [0.25, 0.3) is 5.91 Å². The minimum atomic E-state index is -1.64. The van der Waals surface area contributed by atoms with E-state index in [0.717, 1.165) is 5.57 Å². The number of hydrogen-bond donors (Lipinski definition) is 2. The molecule has 0 aromatic carbocycles. The van der Waals surface area contributed by atoms with Gasteiger partial charge in [0.15, 0.2) is 12.3 Å². The summed E-state index contributed by atoms with van der Waals surface area (Å²) in [6.07, 6.45) is -4.23. The van der Waals surface area contributed by atoms with Crippen molar-refractivity contribution in [1.29, 1.82) is 0 Å². The summed E-state index contributed by atoms with van der Waals surface area (Å²) in [4.78, 5) is 13.3. The quantitative estimate of drug-likeness (QED) is 0.400. The second-order valence-electron chi connectivity index (χ2n) is 10.8. The van der Waals surface area contributed by atoms with Gasteiger partial charge in [-0.1, -0.05) is 32.9 Å². The van der Waals surface area contributed by atoms with E-state index in [0.29, 0.717) is 13.0 Å². The SMILES string of the molecule is C=C1C[C@](OC)([C@H](O)C(=O)N[C@H]2OCO[C@H]3[C@@H]2O[C@H](C[C@@H](COC)OC)C(C)(C)[C@@H]3OC)O[C@H](C)[C@@H]1C. The minimum absolute atomic E-state index is 0.0639. The summed E-state index contributed by atoms with van der Waals surface area (Å²) >= 11 is 0. The molecule has 3 saturated heterocycles. The van der Waals surface area contributed by atoms with Crippen LogP contribution in [0.25, 0.3) is 0 Å². The lowest BCUT2D eigenvalue weighted by Gasteiger charge is -2.54. The van der Waals surface area contributed by atoms with Crippen LogP contribution in [0, 0.1) is 11.3 Å². The summed E-state index contributed by atoms with van der Waals surface area (Å²) in [5.41, 5.74) is 0.386. The molecular formula is C26H45NO10. The standard InChI is InChI=1S/C26H45NO10/c1-14-11-26(33-9,37-16(3)15(14)2)21(28)23(29)27-24-20-19(34-13-35-24)22(32-8)25(4,5)18(36-20)10-17(31-7)12-30-6/h15-22,24,28H,1,10-13H2,2-9H3,(H,27,29)/t15-,16-,17+,18-,19+,20+,21-,22-,24+,26-/m1/s1. The van der Waals surface area contributed by atoms with Gasteiger partial charge in [0, 0.05) is 52.6 Å². The van der Waals surface area contributed by atoms with Crippen molar-refractivity contribution in [1.82, 2.24) is 5.32 Å². The fourth-order valence-corrected chi connectivity index (χ4v) is 5.59. The number of nitrogens with one attached hydrogen (secondary N) is 1. The molecule has 0 saturated carbocycles. The van der Waals surface area contributed by atoms with Crippen molar-refractivity contribution in [3.8, 4) is 0 Å². The Balaban J connectivity index is 1.80. The second-order valence-corrected chi connectivity index (χ2v) is 10.8. The molecule has 3 fully saturated rings. The largest absolute Gasteiger partial charge is 0.382 e. The topological polar surface area (TPSA) is 123 Å². The Bertz CT molecular complexity index is 793. The molecule has 2 N–H and O–H groups in total. The van der Waals surface area contributed by atoms with E-state index < -0.39 is 41.6 Å². The maximum atomic E-state index is 13.3. The van der Waals surface area contributed by atoms with Gasteiger partial charge in [-0.05, 0) is 6.92 Å². The predicted molar refractivity (Wildman–Crippen MR) is 132 cm³/mol. The number of hydrogen-bond acceptors (Lipinski definition) is 10. The van der Waals surface area contributed by atoms with Crippen LogP contribution in [0.15, 0.2) is 12.2 Å². The highest BCUT2D eigenvalue weighted by molar-refractivity contribution is 5.82. The van der Waals surface area contributed by atoms with E-state index in [1.54, 1.807) is 21.3 Å². The lowest BCUT2D eigenvalue weighted by molar-refractivity contribution is -0.333. The summed E-state index contributed by atoms with van der Waals surface area (Å²) in [5.74, 6) is -2.21. The number of carbonyl (C=O) groups excluding carboxylic acids is 1. The monoisotopic (exact) mass is 531 g/mol. The van der Waals surface area contributed by atoms with E-state index in [-0.39, 0.29) is 43.5 Å². The first kappa shape index (κ1) is 30.4. The van der Waals surface area contributed by atoms with Crippen molar-refractivity contribution in [2.45, 2.75) is 95.3 Å². The highest BCUT2D eigenvalue weighted by atomic mass is 16.7. The molecule has 0 spiro atoms. The maximum absolute atomic E-state index is 13.3. The van der Waals surface area contributed by atoms with Crippen LogP contribution in [0.5, 0.6) is 0 Å². The lowest BCUT2D eigenvalue weighted by atomic mass is 9.72. The van der Waals surface area contributed by atoms with Crippen LogP contribution < -0.4 is 5.32 Å². The Labute approximate surface area is 220 Å². The normalized spacial score (nSPS) is 39.5. The zero-order chi connectivity index (χ0) is 27.5. The molecule has 3 heterocycles. The van der Waals surface area contributed by atoms with E-state index in [1.807, 2.05) is 13.8 Å². The molecule has 3 rings (SSSR count). The van der Waals surface area contributed by atoms with Crippen molar-refractivity contribution >= 4 is 5.91 Å². The fraction of sp³-hybridized carbons (Fsp3) is 0.885. The molecule has 0 radical (unpaired) electrons. The number of rotatable bonds is 10. The first-order valence-electron chi connectivity index (χ1n) is 12.8. The number of ether oxygens (including phenoxy) is 8. The molecule has 10 atom stereocenters. The van der Waals surface area contributed by atoms with Crippen LogP contribution in [-0.2, 0) is 42.7 Å². The van der Waals surface area contributed by atoms with E-state index in [2.05, 4.69) is 25.7 Å². The lowest BCUT2D eigenvalue weighted by Crippen LogP contribution is -2.69. The summed E-state index contributed by atoms with van der Waals surface area (Å²) in [5, 5.41) is 13.9. The number of fused-ring (bicyclic) bond motifs is 1. The summed E-state index contributed by atoms with van der Waals surface area (Å²) in [6, 6.07) is 0. The molecule has 1 amide bonds. The minimum Gasteiger partial charge on any atom is -0.382 e. The van der Waals surface area contributed by atoms with Crippen molar-refractivity contribution in [2.24, 2.45) is 11.3 Å². The van der Waals surface area contributed by atoms with Gasteiger partial charge in [-0.2, -0.15) is 0 Å². The molecule has 0 aromatic heterocycles. The Hall–Kier alpha value is -1.15. The average Bonchev–Trinajstić information content (AvgIpc) is 2.86. The van der Waals surface area contributed by atoms with Crippen molar-refractivity contribution in [3.05, 3.63) is 12.2 Å². The molecule has 0 bridgehead atoms. The Morgan fingerprint density at radius 3 is 2.46 bits per heavy atom. The van der Waals surface area contributed by atoms with E-state index in [9.17, 15) is 9.90 Å². The highest BCUT2D eigenvalue weighted by Gasteiger charge is 2.57. The van der Waals surface area contributed by atoms with E-state index in [4.69, 9.17) is 37.9 Å². The van der Waals surface area contributed by atoms with Gasteiger partial charge in [-0.25, -0.2) is 0 Å². The van der Waals surface area contributed by atoms with Gasteiger partial charge < -0.3 is 48.3 Å². The number of amides is 1. The Morgan fingerprint density at radius 1 is 1.19 bits per heavy atom. The summed E-state index contributed by atoms with van der Waals surface area (Å²) < 4.78 is 46.5. The number of aliphatic hydroxyl groups is 1. The molecule has 214 valence electrons. The second kappa shape index (κ2) is 12.4.